The smallest absolute Gasteiger partial charge is 0.322 e. The Morgan fingerprint density at radius 1 is 0.929 bits per heavy atom. The lowest BCUT2D eigenvalue weighted by atomic mass is 10.0. The Hall–Kier alpha value is -4.55. The highest BCUT2D eigenvalue weighted by molar-refractivity contribution is 6.04. The number of carbonyl (C=O) groups excluding carboxylic acids is 1. The number of alkyl halides is 3. The van der Waals surface area contributed by atoms with Crippen molar-refractivity contribution in [2.75, 3.05) is 18.4 Å². The first-order valence-corrected chi connectivity index (χ1v) is 13.7. The summed E-state index contributed by atoms with van der Waals surface area (Å²) in [4.78, 5) is 27.4. The molecular weight excluding hydrogens is 539 g/mol. The highest BCUT2D eigenvalue weighted by atomic mass is 19.4. The minimum absolute atomic E-state index is 0.0775. The number of hydrogen-bond acceptors (Lipinski definition) is 5. The predicted octanol–water partition coefficient (Wildman–Crippen LogP) is 7.14. The second kappa shape index (κ2) is 13.9. The molecule has 2 aromatic carbocycles. The van der Waals surface area contributed by atoms with Crippen LogP contribution in [0, 0.1) is 18.8 Å². The highest BCUT2D eigenvalue weighted by Gasteiger charge is 2.34. The average molecular weight is 572 g/mol. The lowest BCUT2D eigenvalue weighted by Crippen LogP contribution is -2.25. The minimum Gasteiger partial charge on any atom is -0.322 e. The molecule has 2 aromatic heterocycles. The average Bonchev–Trinajstić information content (AvgIpc) is 2.99. The molecule has 4 rings (SSSR count). The van der Waals surface area contributed by atoms with Crippen molar-refractivity contribution in [2.24, 2.45) is 0 Å². The molecule has 0 saturated carbocycles. The van der Waals surface area contributed by atoms with E-state index in [2.05, 4.69) is 39.0 Å². The number of hydrogen-bond donors (Lipinski definition) is 1. The van der Waals surface area contributed by atoms with E-state index in [0.29, 0.717) is 17.7 Å². The van der Waals surface area contributed by atoms with Crippen LogP contribution in [0.15, 0.2) is 73.6 Å². The van der Waals surface area contributed by atoms with Gasteiger partial charge in [0.05, 0.1) is 5.56 Å². The van der Waals surface area contributed by atoms with Crippen LogP contribution in [0.3, 0.4) is 0 Å². The van der Waals surface area contributed by atoms with Gasteiger partial charge in [-0.3, -0.25) is 14.7 Å². The molecule has 9 heteroatoms. The van der Waals surface area contributed by atoms with Crippen LogP contribution in [0.2, 0.25) is 0 Å². The first-order chi connectivity index (χ1) is 20.2. The third-order valence-electron chi connectivity index (χ3n) is 6.82. The number of nitrogens with one attached hydrogen (secondary N) is 1. The van der Waals surface area contributed by atoms with Crippen molar-refractivity contribution in [1.29, 1.82) is 0 Å². The number of aryl methyl sites for hydroxylation is 1. The fourth-order valence-corrected chi connectivity index (χ4v) is 4.38. The van der Waals surface area contributed by atoms with Crippen LogP contribution < -0.4 is 5.32 Å². The maximum Gasteiger partial charge on any atom is 0.416 e. The number of anilines is 1. The van der Waals surface area contributed by atoms with Gasteiger partial charge in [0.1, 0.15) is 6.33 Å². The van der Waals surface area contributed by atoms with Gasteiger partial charge in [0.2, 0.25) is 0 Å². The Bertz CT molecular complexity index is 1590. The highest BCUT2D eigenvalue weighted by Crippen LogP contribution is 2.34. The van der Waals surface area contributed by atoms with Crippen LogP contribution in [0.25, 0.3) is 11.1 Å². The lowest BCUT2D eigenvalue weighted by Gasteiger charge is -2.23. The van der Waals surface area contributed by atoms with E-state index in [1.54, 1.807) is 43.0 Å². The van der Waals surface area contributed by atoms with Crippen LogP contribution in [0.5, 0.6) is 0 Å². The summed E-state index contributed by atoms with van der Waals surface area (Å²) in [6.07, 6.45) is 5.49. The van der Waals surface area contributed by atoms with Crippen molar-refractivity contribution < 1.29 is 18.0 Å². The number of pyridine rings is 1. The monoisotopic (exact) mass is 571 g/mol. The molecule has 6 nitrogen and oxygen atoms in total. The molecule has 1 N–H and O–H groups in total. The second-order valence-electron chi connectivity index (χ2n) is 9.92. The number of nitrogens with zero attached hydrogens (tertiary/aromatic N) is 4. The van der Waals surface area contributed by atoms with Crippen molar-refractivity contribution in [3.8, 4) is 23.0 Å². The summed E-state index contributed by atoms with van der Waals surface area (Å²) in [6.45, 7) is 7.43. The molecule has 0 aliphatic heterocycles. The van der Waals surface area contributed by atoms with Crippen molar-refractivity contribution in [3.63, 3.8) is 0 Å². The maximum atomic E-state index is 14.0. The summed E-state index contributed by atoms with van der Waals surface area (Å²) in [7, 11) is 0. The Labute approximate surface area is 244 Å². The Morgan fingerprint density at radius 2 is 1.69 bits per heavy atom. The summed E-state index contributed by atoms with van der Waals surface area (Å²) >= 11 is 0. The summed E-state index contributed by atoms with van der Waals surface area (Å²) < 4.78 is 41.9. The van der Waals surface area contributed by atoms with E-state index >= 15 is 0 Å². The number of unbranched alkanes of at least 4 members (excludes halogenated alkanes) is 1. The standard InChI is InChI=1S/C33H32F3N5O/c1-4-6-13-41(5-2)21-27-11-12-30(16-31(27)33(34,35)36)40-32(42)26-9-7-23(3)25(15-26)10-8-24-14-28(18-37-17-24)29-19-38-22-39-20-29/h7,9,11-12,14-20,22H,4-6,13,21H2,1-3H3,(H,40,42). The van der Waals surface area contributed by atoms with Gasteiger partial charge in [-0.1, -0.05) is 44.2 Å². The normalized spacial score (nSPS) is 11.2. The van der Waals surface area contributed by atoms with Gasteiger partial charge in [0.15, 0.2) is 0 Å². The first kappa shape index (κ1) is 30.4. The van der Waals surface area contributed by atoms with E-state index in [1.165, 1.54) is 18.5 Å². The SMILES string of the molecule is CCCCN(CC)Cc1ccc(NC(=O)c2ccc(C)c(C#Cc3cncc(-c4cncnc4)c3)c2)cc1C(F)(F)F. The Balaban J connectivity index is 1.54. The number of benzene rings is 2. The first-order valence-electron chi connectivity index (χ1n) is 13.7. The van der Waals surface area contributed by atoms with Crippen molar-refractivity contribution in [1.82, 2.24) is 19.9 Å². The molecule has 0 spiro atoms. The number of aromatic nitrogens is 3. The molecule has 0 atom stereocenters. The van der Waals surface area contributed by atoms with E-state index < -0.39 is 17.6 Å². The molecule has 4 aromatic rings. The third-order valence-corrected chi connectivity index (χ3v) is 6.82. The van der Waals surface area contributed by atoms with Gasteiger partial charge in [0, 0.05) is 64.8 Å². The zero-order valence-corrected chi connectivity index (χ0v) is 23.8. The Kier molecular flexibility index (Phi) is 10.0. The molecule has 0 aliphatic rings. The van der Waals surface area contributed by atoms with Crippen LogP contribution in [0.1, 0.15) is 64.9 Å². The molecule has 2 heterocycles. The van der Waals surface area contributed by atoms with E-state index in [9.17, 15) is 18.0 Å². The van der Waals surface area contributed by atoms with Crippen molar-refractivity contribution in [2.45, 2.75) is 46.3 Å². The van der Waals surface area contributed by atoms with E-state index in [1.807, 2.05) is 24.8 Å². The summed E-state index contributed by atoms with van der Waals surface area (Å²) in [5.74, 6) is 5.64. The molecule has 0 radical (unpaired) electrons. The zero-order valence-electron chi connectivity index (χ0n) is 23.8. The van der Waals surface area contributed by atoms with Gasteiger partial charge in [-0.15, -0.1) is 0 Å². The van der Waals surface area contributed by atoms with E-state index in [4.69, 9.17) is 0 Å². The second-order valence-corrected chi connectivity index (χ2v) is 9.92. The summed E-state index contributed by atoms with van der Waals surface area (Å²) in [5, 5.41) is 2.62. The molecule has 0 bridgehead atoms. The predicted molar refractivity (Wildman–Crippen MR) is 158 cm³/mol. The molecular formula is C33H32F3N5O. The molecule has 0 fully saturated rings. The minimum atomic E-state index is -4.55. The van der Waals surface area contributed by atoms with E-state index in [-0.39, 0.29) is 23.4 Å². The van der Waals surface area contributed by atoms with Gasteiger partial charge in [0.25, 0.3) is 5.91 Å². The van der Waals surface area contributed by atoms with Crippen LogP contribution in [-0.2, 0) is 12.7 Å². The third kappa shape index (κ3) is 8.02. The number of amides is 1. The van der Waals surface area contributed by atoms with Crippen LogP contribution in [-0.4, -0.2) is 38.8 Å². The molecule has 0 unspecified atom stereocenters. The molecule has 216 valence electrons. The summed E-state index contributed by atoms with van der Waals surface area (Å²) in [6, 6.07) is 10.9. The van der Waals surface area contributed by atoms with Crippen molar-refractivity contribution in [3.05, 3.63) is 107 Å². The van der Waals surface area contributed by atoms with Gasteiger partial charge in [-0.05, 0) is 67.9 Å². The Morgan fingerprint density at radius 3 is 2.40 bits per heavy atom. The van der Waals surface area contributed by atoms with E-state index in [0.717, 1.165) is 42.1 Å². The number of carbonyl (C=O) groups is 1. The quantitative estimate of drug-likeness (QED) is 0.216. The van der Waals surface area contributed by atoms with Crippen molar-refractivity contribution >= 4 is 11.6 Å². The number of rotatable bonds is 9. The van der Waals surface area contributed by atoms with Gasteiger partial charge >= 0.3 is 6.18 Å². The van der Waals surface area contributed by atoms with Gasteiger partial charge in [-0.2, -0.15) is 13.2 Å². The topological polar surface area (TPSA) is 71.0 Å². The fraction of sp³-hybridized carbons (Fsp3) is 0.273. The largest absolute Gasteiger partial charge is 0.416 e. The lowest BCUT2D eigenvalue weighted by molar-refractivity contribution is -0.138. The van der Waals surface area contributed by atoms with Gasteiger partial charge in [-0.25, -0.2) is 9.97 Å². The molecule has 1 amide bonds. The molecule has 42 heavy (non-hydrogen) atoms. The maximum absolute atomic E-state index is 14.0. The summed E-state index contributed by atoms with van der Waals surface area (Å²) in [5.41, 5.74) is 3.57. The molecule has 0 aliphatic carbocycles. The molecule has 0 saturated heterocycles. The zero-order chi connectivity index (χ0) is 30.1. The van der Waals surface area contributed by atoms with Crippen LogP contribution in [0.4, 0.5) is 18.9 Å². The van der Waals surface area contributed by atoms with Crippen LogP contribution >= 0.6 is 0 Å². The fourth-order valence-electron chi connectivity index (χ4n) is 4.38. The van der Waals surface area contributed by atoms with Gasteiger partial charge < -0.3 is 5.32 Å². The number of halogens is 3.